The summed E-state index contributed by atoms with van der Waals surface area (Å²) in [4.78, 5) is 0. The van der Waals surface area contributed by atoms with Crippen LogP contribution in [0.15, 0.2) is 10.6 Å². The Bertz CT molecular complexity index is 274. The van der Waals surface area contributed by atoms with Gasteiger partial charge < -0.3 is 10.3 Å². The van der Waals surface area contributed by atoms with E-state index in [4.69, 9.17) is 10.3 Å². The van der Waals surface area contributed by atoms with Gasteiger partial charge in [-0.1, -0.05) is 24.9 Å². The summed E-state index contributed by atoms with van der Waals surface area (Å²) >= 11 is 0. The Kier molecular flexibility index (Phi) is 1.60. The van der Waals surface area contributed by atoms with Crippen molar-refractivity contribution >= 4 is 5.82 Å². The zero-order valence-electron chi connectivity index (χ0n) is 7.34. The van der Waals surface area contributed by atoms with E-state index < -0.39 is 0 Å². The molecule has 0 unspecified atom stereocenters. The smallest absolute Gasteiger partial charge is 0.167 e. The third-order valence-electron chi connectivity index (χ3n) is 2.83. The van der Waals surface area contributed by atoms with Gasteiger partial charge in [0.1, 0.15) is 5.76 Å². The van der Waals surface area contributed by atoms with E-state index in [1.807, 2.05) is 6.07 Å². The molecule has 1 heterocycles. The Morgan fingerprint density at radius 1 is 1.50 bits per heavy atom. The van der Waals surface area contributed by atoms with Crippen LogP contribution in [0.3, 0.4) is 0 Å². The van der Waals surface area contributed by atoms with E-state index >= 15 is 0 Å². The molecule has 0 radical (unpaired) electrons. The average molecular weight is 166 g/mol. The highest BCUT2D eigenvalue weighted by Gasteiger charge is 2.34. The number of anilines is 1. The summed E-state index contributed by atoms with van der Waals surface area (Å²) in [7, 11) is 0. The molecule has 2 rings (SSSR count). The van der Waals surface area contributed by atoms with Gasteiger partial charge in [0.25, 0.3) is 0 Å². The Labute approximate surface area is 71.9 Å². The molecule has 66 valence electrons. The molecular formula is C9H14N2O. The fourth-order valence-corrected chi connectivity index (χ4v) is 1.98. The van der Waals surface area contributed by atoms with Crippen molar-refractivity contribution in [1.82, 2.24) is 5.16 Å². The monoisotopic (exact) mass is 166 g/mol. The quantitative estimate of drug-likeness (QED) is 0.695. The van der Waals surface area contributed by atoms with Crippen LogP contribution in [0.4, 0.5) is 5.82 Å². The van der Waals surface area contributed by atoms with E-state index in [0.717, 1.165) is 5.76 Å². The predicted molar refractivity (Wildman–Crippen MR) is 46.7 cm³/mol. The summed E-state index contributed by atoms with van der Waals surface area (Å²) in [6, 6.07) is 1.85. The van der Waals surface area contributed by atoms with Gasteiger partial charge in [0.15, 0.2) is 5.82 Å². The molecule has 0 amide bonds. The molecule has 3 heteroatoms. The van der Waals surface area contributed by atoms with E-state index in [0.29, 0.717) is 5.82 Å². The van der Waals surface area contributed by atoms with E-state index in [9.17, 15) is 0 Å². The number of nitrogens with two attached hydrogens (primary N) is 1. The maximum atomic E-state index is 5.50. The summed E-state index contributed by atoms with van der Waals surface area (Å²) < 4.78 is 5.18. The van der Waals surface area contributed by atoms with E-state index in [-0.39, 0.29) is 5.41 Å². The van der Waals surface area contributed by atoms with Crippen molar-refractivity contribution in [3.05, 3.63) is 11.8 Å². The molecule has 1 aliphatic rings. The van der Waals surface area contributed by atoms with Crippen LogP contribution >= 0.6 is 0 Å². The van der Waals surface area contributed by atoms with Gasteiger partial charge >= 0.3 is 0 Å². The lowest BCUT2D eigenvalue weighted by Gasteiger charge is -2.18. The molecule has 1 aliphatic carbocycles. The third kappa shape index (κ3) is 1.09. The van der Waals surface area contributed by atoms with Crippen molar-refractivity contribution in [2.45, 2.75) is 38.0 Å². The molecule has 1 saturated carbocycles. The van der Waals surface area contributed by atoms with Gasteiger partial charge in [0.05, 0.1) is 0 Å². The number of rotatable bonds is 1. The van der Waals surface area contributed by atoms with Crippen molar-refractivity contribution in [1.29, 1.82) is 0 Å². The largest absolute Gasteiger partial charge is 0.381 e. The second-order valence-electron chi connectivity index (χ2n) is 3.88. The normalized spacial score (nSPS) is 21.4. The van der Waals surface area contributed by atoms with Gasteiger partial charge in [-0.25, -0.2) is 0 Å². The highest BCUT2D eigenvalue weighted by atomic mass is 16.5. The van der Waals surface area contributed by atoms with Crippen LogP contribution in [0.1, 0.15) is 38.4 Å². The van der Waals surface area contributed by atoms with Gasteiger partial charge in [0.2, 0.25) is 0 Å². The molecule has 1 fully saturated rings. The van der Waals surface area contributed by atoms with Crippen LogP contribution in [-0.2, 0) is 5.41 Å². The third-order valence-corrected chi connectivity index (χ3v) is 2.83. The summed E-state index contributed by atoms with van der Waals surface area (Å²) in [5, 5.41) is 3.71. The first-order chi connectivity index (χ1) is 5.71. The lowest BCUT2D eigenvalue weighted by atomic mass is 9.86. The molecule has 0 atom stereocenters. The van der Waals surface area contributed by atoms with Crippen molar-refractivity contribution < 1.29 is 4.52 Å². The van der Waals surface area contributed by atoms with Crippen molar-refractivity contribution in [2.75, 3.05) is 5.73 Å². The van der Waals surface area contributed by atoms with Crippen molar-refractivity contribution in [2.24, 2.45) is 0 Å². The second kappa shape index (κ2) is 2.51. The summed E-state index contributed by atoms with van der Waals surface area (Å²) in [6.07, 6.45) is 4.97. The van der Waals surface area contributed by atoms with Crippen LogP contribution in [-0.4, -0.2) is 5.16 Å². The van der Waals surface area contributed by atoms with Crippen LogP contribution in [0, 0.1) is 0 Å². The number of aromatic nitrogens is 1. The van der Waals surface area contributed by atoms with E-state index in [2.05, 4.69) is 12.1 Å². The number of hydrogen-bond acceptors (Lipinski definition) is 3. The molecule has 0 aromatic carbocycles. The first kappa shape index (κ1) is 7.65. The maximum absolute atomic E-state index is 5.50. The minimum Gasteiger partial charge on any atom is -0.381 e. The lowest BCUT2D eigenvalue weighted by Crippen LogP contribution is -2.15. The van der Waals surface area contributed by atoms with Crippen LogP contribution in [0.5, 0.6) is 0 Å². The Morgan fingerprint density at radius 2 is 2.17 bits per heavy atom. The fourth-order valence-electron chi connectivity index (χ4n) is 1.98. The molecular weight excluding hydrogens is 152 g/mol. The minimum absolute atomic E-state index is 0.199. The van der Waals surface area contributed by atoms with Crippen LogP contribution in [0.25, 0.3) is 0 Å². The molecule has 0 spiro atoms. The molecule has 0 saturated heterocycles. The summed E-state index contributed by atoms with van der Waals surface area (Å²) in [5.41, 5.74) is 5.70. The molecule has 3 nitrogen and oxygen atoms in total. The zero-order valence-corrected chi connectivity index (χ0v) is 7.34. The SMILES string of the molecule is CC1(c2cc(N)no2)CCCC1. The maximum Gasteiger partial charge on any atom is 0.167 e. The molecule has 0 bridgehead atoms. The van der Waals surface area contributed by atoms with Crippen molar-refractivity contribution in [3.63, 3.8) is 0 Å². The van der Waals surface area contributed by atoms with E-state index in [1.165, 1.54) is 25.7 Å². The molecule has 12 heavy (non-hydrogen) atoms. The molecule has 2 N–H and O–H groups in total. The zero-order chi connectivity index (χ0) is 8.60. The summed E-state index contributed by atoms with van der Waals surface area (Å²) in [6.45, 7) is 2.22. The first-order valence-electron chi connectivity index (χ1n) is 4.43. The second-order valence-corrected chi connectivity index (χ2v) is 3.88. The Hall–Kier alpha value is -0.990. The molecule has 1 aromatic heterocycles. The average Bonchev–Trinajstić information content (AvgIpc) is 2.59. The van der Waals surface area contributed by atoms with Gasteiger partial charge in [-0.2, -0.15) is 0 Å². The Morgan fingerprint density at radius 3 is 2.67 bits per heavy atom. The minimum atomic E-state index is 0.199. The van der Waals surface area contributed by atoms with Gasteiger partial charge in [-0.15, -0.1) is 0 Å². The van der Waals surface area contributed by atoms with Gasteiger partial charge in [-0.05, 0) is 12.8 Å². The van der Waals surface area contributed by atoms with Crippen molar-refractivity contribution in [3.8, 4) is 0 Å². The van der Waals surface area contributed by atoms with Crippen LogP contribution in [0.2, 0.25) is 0 Å². The number of hydrogen-bond donors (Lipinski definition) is 1. The summed E-state index contributed by atoms with van der Waals surface area (Å²) in [5.74, 6) is 1.45. The predicted octanol–water partition coefficient (Wildman–Crippen LogP) is 2.09. The molecule has 0 aliphatic heterocycles. The van der Waals surface area contributed by atoms with E-state index in [1.54, 1.807) is 0 Å². The molecule has 1 aromatic rings. The Balaban J connectivity index is 2.28. The number of nitrogen functional groups attached to an aromatic ring is 1. The van der Waals surface area contributed by atoms with Crippen LogP contribution < -0.4 is 5.73 Å². The fraction of sp³-hybridized carbons (Fsp3) is 0.667. The lowest BCUT2D eigenvalue weighted by molar-refractivity contribution is 0.306. The topological polar surface area (TPSA) is 52.0 Å². The van der Waals surface area contributed by atoms with Gasteiger partial charge in [0, 0.05) is 11.5 Å². The van der Waals surface area contributed by atoms with Gasteiger partial charge in [-0.3, -0.25) is 0 Å². The highest BCUT2D eigenvalue weighted by molar-refractivity contribution is 5.30. The highest BCUT2D eigenvalue weighted by Crippen LogP contribution is 2.40. The first-order valence-corrected chi connectivity index (χ1v) is 4.43. The standard InChI is InChI=1S/C9H14N2O/c1-9(4-2-3-5-9)7-6-8(10)11-12-7/h6H,2-5H2,1H3,(H2,10,11). The number of nitrogens with zero attached hydrogens (tertiary/aromatic N) is 1.